The summed E-state index contributed by atoms with van der Waals surface area (Å²) in [6.07, 6.45) is 2.03. The van der Waals surface area contributed by atoms with E-state index in [2.05, 4.69) is 0 Å². The van der Waals surface area contributed by atoms with Gasteiger partial charge in [-0.05, 0) is 25.2 Å². The van der Waals surface area contributed by atoms with Crippen LogP contribution in [-0.2, 0) is 9.59 Å². The van der Waals surface area contributed by atoms with Gasteiger partial charge in [-0.1, -0.05) is 13.8 Å². The smallest absolute Gasteiger partial charge is 0.239 e. The first-order valence-corrected chi connectivity index (χ1v) is 6.25. The zero-order valence-corrected chi connectivity index (χ0v) is 10.7. The van der Waals surface area contributed by atoms with E-state index in [9.17, 15) is 9.59 Å². The van der Waals surface area contributed by atoms with Gasteiger partial charge >= 0.3 is 0 Å². The maximum atomic E-state index is 12.0. The van der Waals surface area contributed by atoms with Gasteiger partial charge in [0.2, 0.25) is 11.8 Å². The molecule has 1 atom stereocenters. The molecular formula is C12H23N3O2. The van der Waals surface area contributed by atoms with Crippen LogP contribution >= 0.6 is 0 Å². The van der Waals surface area contributed by atoms with Crippen molar-refractivity contribution in [3.63, 3.8) is 0 Å². The Hall–Kier alpha value is -1.10. The third-order valence-electron chi connectivity index (χ3n) is 3.25. The van der Waals surface area contributed by atoms with Gasteiger partial charge in [0, 0.05) is 19.0 Å². The number of carbonyl (C=O) groups excluding carboxylic acids is 2. The van der Waals surface area contributed by atoms with Crippen molar-refractivity contribution in [2.24, 2.45) is 23.3 Å². The van der Waals surface area contributed by atoms with Crippen molar-refractivity contribution >= 4 is 11.8 Å². The lowest BCUT2D eigenvalue weighted by atomic mass is 9.95. The minimum Gasteiger partial charge on any atom is -0.369 e. The molecule has 1 fully saturated rings. The number of piperidine rings is 1. The number of hydrogen-bond acceptors (Lipinski definition) is 3. The monoisotopic (exact) mass is 241 g/mol. The topological polar surface area (TPSA) is 89.4 Å². The number of hydrogen-bond donors (Lipinski definition) is 2. The average molecular weight is 241 g/mol. The van der Waals surface area contributed by atoms with Crippen LogP contribution in [0, 0.1) is 11.8 Å². The lowest BCUT2D eigenvalue weighted by molar-refractivity contribution is -0.136. The van der Waals surface area contributed by atoms with E-state index in [0.29, 0.717) is 38.3 Å². The van der Waals surface area contributed by atoms with E-state index in [1.165, 1.54) is 0 Å². The number of carbonyl (C=O) groups is 2. The van der Waals surface area contributed by atoms with Gasteiger partial charge in [0.1, 0.15) is 0 Å². The van der Waals surface area contributed by atoms with Crippen LogP contribution in [-0.4, -0.2) is 35.8 Å². The summed E-state index contributed by atoms with van der Waals surface area (Å²) in [5.41, 5.74) is 11.1. The van der Waals surface area contributed by atoms with E-state index in [-0.39, 0.29) is 17.7 Å². The van der Waals surface area contributed by atoms with Crippen LogP contribution in [0.4, 0.5) is 0 Å². The SMILES string of the molecule is CC(C)C[C@@H](N)C(=O)N1CCC(C(N)=O)CC1. The summed E-state index contributed by atoms with van der Waals surface area (Å²) in [4.78, 5) is 24.8. The molecule has 0 spiro atoms. The second-order valence-corrected chi connectivity index (χ2v) is 5.24. The lowest BCUT2D eigenvalue weighted by Gasteiger charge is -2.32. The molecule has 0 aromatic rings. The number of primary amides is 1. The summed E-state index contributed by atoms with van der Waals surface area (Å²) < 4.78 is 0. The van der Waals surface area contributed by atoms with Gasteiger partial charge in [-0.25, -0.2) is 0 Å². The van der Waals surface area contributed by atoms with Gasteiger partial charge in [0.15, 0.2) is 0 Å². The van der Waals surface area contributed by atoms with E-state index < -0.39 is 6.04 Å². The van der Waals surface area contributed by atoms with Crippen LogP contribution in [0.3, 0.4) is 0 Å². The molecule has 98 valence electrons. The van der Waals surface area contributed by atoms with Gasteiger partial charge < -0.3 is 16.4 Å². The van der Waals surface area contributed by atoms with Crippen molar-refractivity contribution in [1.82, 2.24) is 4.90 Å². The maximum Gasteiger partial charge on any atom is 0.239 e. The molecule has 0 unspecified atom stereocenters. The van der Waals surface area contributed by atoms with E-state index in [0.717, 1.165) is 0 Å². The fourth-order valence-corrected chi connectivity index (χ4v) is 2.23. The second-order valence-electron chi connectivity index (χ2n) is 5.24. The maximum absolute atomic E-state index is 12.0. The minimum atomic E-state index is -0.417. The van der Waals surface area contributed by atoms with Crippen LogP contribution in [0.5, 0.6) is 0 Å². The summed E-state index contributed by atoms with van der Waals surface area (Å²) in [5.74, 6) is 0.0719. The Morgan fingerprint density at radius 1 is 1.29 bits per heavy atom. The summed E-state index contributed by atoms with van der Waals surface area (Å²) >= 11 is 0. The van der Waals surface area contributed by atoms with Gasteiger partial charge in [-0.3, -0.25) is 9.59 Å². The standard InChI is InChI=1S/C12H23N3O2/c1-8(2)7-10(13)12(17)15-5-3-9(4-6-15)11(14)16/h8-10H,3-7,13H2,1-2H3,(H2,14,16)/t10-/m1/s1. The largest absolute Gasteiger partial charge is 0.369 e. The fourth-order valence-electron chi connectivity index (χ4n) is 2.23. The Morgan fingerprint density at radius 3 is 2.24 bits per heavy atom. The Morgan fingerprint density at radius 2 is 1.82 bits per heavy atom. The van der Waals surface area contributed by atoms with Gasteiger partial charge in [0.25, 0.3) is 0 Å². The molecule has 5 nitrogen and oxygen atoms in total. The molecule has 5 heteroatoms. The number of rotatable bonds is 4. The van der Waals surface area contributed by atoms with Crippen LogP contribution < -0.4 is 11.5 Å². The van der Waals surface area contributed by atoms with E-state index in [1.54, 1.807) is 4.90 Å². The number of nitrogens with zero attached hydrogens (tertiary/aromatic N) is 1. The van der Waals surface area contributed by atoms with Crippen LogP contribution in [0.2, 0.25) is 0 Å². The highest BCUT2D eigenvalue weighted by Crippen LogP contribution is 2.18. The summed E-state index contributed by atoms with van der Waals surface area (Å²) in [7, 11) is 0. The molecule has 0 radical (unpaired) electrons. The van der Waals surface area contributed by atoms with Crippen molar-refractivity contribution in [3.8, 4) is 0 Å². The fraction of sp³-hybridized carbons (Fsp3) is 0.833. The quantitative estimate of drug-likeness (QED) is 0.730. The Labute approximate surface area is 103 Å². The predicted molar refractivity (Wildman–Crippen MR) is 65.9 cm³/mol. The molecule has 1 aliphatic heterocycles. The molecule has 0 aliphatic carbocycles. The van der Waals surface area contributed by atoms with Gasteiger partial charge in [0.05, 0.1) is 6.04 Å². The van der Waals surface area contributed by atoms with Gasteiger partial charge in [-0.2, -0.15) is 0 Å². The number of amides is 2. The Kier molecular flexibility index (Phi) is 4.93. The highest BCUT2D eigenvalue weighted by Gasteiger charge is 2.28. The molecule has 17 heavy (non-hydrogen) atoms. The molecule has 2 amide bonds. The van der Waals surface area contributed by atoms with E-state index in [1.807, 2.05) is 13.8 Å². The minimum absolute atomic E-state index is 0.00150. The van der Waals surface area contributed by atoms with Crippen LogP contribution in [0.25, 0.3) is 0 Å². The zero-order valence-electron chi connectivity index (χ0n) is 10.7. The molecule has 0 bridgehead atoms. The highest BCUT2D eigenvalue weighted by molar-refractivity contribution is 5.82. The van der Waals surface area contributed by atoms with Crippen molar-refractivity contribution < 1.29 is 9.59 Å². The number of likely N-dealkylation sites (tertiary alicyclic amines) is 1. The summed E-state index contributed by atoms with van der Waals surface area (Å²) in [6, 6.07) is -0.417. The Bertz CT molecular complexity index is 283. The second kappa shape index (κ2) is 6.00. The summed E-state index contributed by atoms with van der Waals surface area (Å²) in [5, 5.41) is 0. The van der Waals surface area contributed by atoms with Crippen molar-refractivity contribution in [3.05, 3.63) is 0 Å². The Balaban J connectivity index is 2.43. The summed E-state index contributed by atoms with van der Waals surface area (Å²) in [6.45, 7) is 5.29. The lowest BCUT2D eigenvalue weighted by Crippen LogP contribution is -2.48. The van der Waals surface area contributed by atoms with Crippen molar-refractivity contribution in [2.75, 3.05) is 13.1 Å². The zero-order chi connectivity index (χ0) is 13.0. The van der Waals surface area contributed by atoms with Gasteiger partial charge in [-0.15, -0.1) is 0 Å². The third-order valence-corrected chi connectivity index (χ3v) is 3.25. The molecule has 0 aromatic carbocycles. The van der Waals surface area contributed by atoms with Crippen LogP contribution in [0.15, 0.2) is 0 Å². The predicted octanol–water partition coefficient (Wildman–Crippen LogP) is 0.0837. The first kappa shape index (κ1) is 14.0. The average Bonchev–Trinajstić information content (AvgIpc) is 2.27. The van der Waals surface area contributed by atoms with Crippen molar-refractivity contribution in [2.45, 2.75) is 39.2 Å². The molecule has 0 aromatic heterocycles. The van der Waals surface area contributed by atoms with E-state index >= 15 is 0 Å². The molecular weight excluding hydrogens is 218 g/mol. The molecule has 1 heterocycles. The molecule has 1 aliphatic rings. The molecule has 1 rings (SSSR count). The first-order chi connectivity index (χ1) is 7.91. The van der Waals surface area contributed by atoms with Crippen molar-refractivity contribution in [1.29, 1.82) is 0 Å². The molecule has 1 saturated heterocycles. The highest BCUT2D eigenvalue weighted by atomic mass is 16.2. The van der Waals surface area contributed by atoms with E-state index in [4.69, 9.17) is 11.5 Å². The normalized spacial score (nSPS) is 19.4. The molecule has 0 saturated carbocycles. The third kappa shape index (κ3) is 4.00. The molecule has 4 N–H and O–H groups in total. The number of nitrogens with two attached hydrogens (primary N) is 2. The first-order valence-electron chi connectivity index (χ1n) is 6.25. The van der Waals surface area contributed by atoms with Crippen LogP contribution in [0.1, 0.15) is 33.1 Å².